The fourth-order valence-electron chi connectivity index (χ4n) is 0.0364. The molecule has 1 radical (unpaired) electrons. The van der Waals surface area contributed by atoms with Crippen molar-refractivity contribution in [3.8, 4) is 0 Å². The molecule has 0 atom stereocenters. The quantitative estimate of drug-likeness (QED) is 0.479. The van der Waals surface area contributed by atoms with E-state index in [0.717, 1.165) is 0 Å². The van der Waals surface area contributed by atoms with Crippen LogP contribution in [0.4, 0.5) is 0 Å². The summed E-state index contributed by atoms with van der Waals surface area (Å²) in [5, 5.41) is 0. The van der Waals surface area contributed by atoms with Gasteiger partial charge in [-0.3, -0.25) is 0 Å². The summed E-state index contributed by atoms with van der Waals surface area (Å²) in [6.45, 7) is 0.528. The highest BCUT2D eigenvalue weighted by Crippen LogP contribution is 1.77. The summed E-state index contributed by atoms with van der Waals surface area (Å²) in [4.78, 5) is 0. The van der Waals surface area contributed by atoms with Crippen LogP contribution in [-0.4, -0.2) is 13.9 Å². The third kappa shape index (κ3) is 4.71. The molecular formula is CH4BINO. The lowest BCUT2D eigenvalue weighted by Crippen LogP contribution is -2.09. The lowest BCUT2D eigenvalue weighted by atomic mass is 10.0. The molecule has 0 unspecified atom stereocenters. The van der Waals surface area contributed by atoms with E-state index in [1.165, 1.54) is 7.41 Å². The van der Waals surface area contributed by atoms with Crippen LogP contribution < -0.4 is 5.64 Å². The summed E-state index contributed by atoms with van der Waals surface area (Å²) >= 11 is 1.78. The minimum atomic E-state index is 0.528. The minimum Gasteiger partial charge on any atom is -0.372 e. The Morgan fingerprint density at radius 2 is 2.60 bits per heavy atom. The van der Waals surface area contributed by atoms with Gasteiger partial charge in [0, 0.05) is 6.51 Å². The van der Waals surface area contributed by atoms with Crippen LogP contribution in [0, 0.1) is 0 Å². The van der Waals surface area contributed by atoms with Gasteiger partial charge in [-0.1, -0.05) is 0 Å². The second kappa shape index (κ2) is 4.71. The van der Waals surface area contributed by atoms with E-state index in [9.17, 15) is 0 Å². The molecule has 0 bridgehead atoms. The van der Waals surface area contributed by atoms with Gasteiger partial charge in [-0.2, -0.15) is 0 Å². The van der Waals surface area contributed by atoms with E-state index >= 15 is 0 Å². The maximum atomic E-state index is 4.88. The monoisotopic (exact) mass is 184 g/mol. The Bertz CT molecular complexity index is 19.1. The molecule has 2 nitrogen and oxygen atoms in total. The molecular weight excluding hydrogens is 180 g/mol. The van der Waals surface area contributed by atoms with Gasteiger partial charge >= 0.3 is 0 Å². The molecule has 0 amide bonds. The Balaban J connectivity index is 2.19. The standard InChI is InChI=1S/CH4BINO/c3-5-1-2-4/h1,4H2. The number of hydrogen-bond donors (Lipinski definition) is 1. The first-order valence-electron chi connectivity index (χ1n) is 1.18. The van der Waals surface area contributed by atoms with Crippen LogP contribution in [-0.2, 0) is 3.07 Å². The molecule has 0 aliphatic carbocycles. The van der Waals surface area contributed by atoms with Crippen LogP contribution in [0.25, 0.3) is 0 Å². The highest BCUT2D eigenvalue weighted by molar-refractivity contribution is 14.1. The van der Waals surface area contributed by atoms with Crippen molar-refractivity contribution in [2.75, 3.05) is 6.51 Å². The second-order valence-electron chi connectivity index (χ2n) is 0.511. The van der Waals surface area contributed by atoms with E-state index in [0.29, 0.717) is 6.51 Å². The van der Waals surface area contributed by atoms with E-state index < -0.39 is 0 Å². The second-order valence-corrected chi connectivity index (χ2v) is 1.13. The van der Waals surface area contributed by atoms with E-state index in [1.54, 1.807) is 23.0 Å². The van der Waals surface area contributed by atoms with Gasteiger partial charge < -0.3 is 8.71 Å². The predicted octanol–water partition coefficient (Wildman–Crippen LogP) is -0.112. The molecule has 29 valence electrons. The number of hydrogen-bond acceptors (Lipinski definition) is 2. The molecule has 0 rings (SSSR count). The van der Waals surface area contributed by atoms with E-state index in [2.05, 4.69) is 3.07 Å². The van der Waals surface area contributed by atoms with Gasteiger partial charge in [-0.05, 0) is 0 Å². The highest BCUT2D eigenvalue weighted by Gasteiger charge is 1.73. The van der Waals surface area contributed by atoms with Gasteiger partial charge in [0.1, 0.15) is 23.0 Å². The van der Waals surface area contributed by atoms with Crippen LogP contribution >= 0.6 is 23.0 Å². The Hall–Kier alpha value is 0.715. The van der Waals surface area contributed by atoms with E-state index in [1.807, 2.05) is 0 Å². The minimum absolute atomic E-state index is 0.528. The molecule has 0 spiro atoms. The van der Waals surface area contributed by atoms with Gasteiger partial charge in [-0.15, -0.1) is 0 Å². The van der Waals surface area contributed by atoms with Crippen LogP contribution in [0.2, 0.25) is 0 Å². The Labute approximate surface area is 46.0 Å². The lowest BCUT2D eigenvalue weighted by Gasteiger charge is -1.78. The number of halogens is 1. The predicted molar refractivity (Wildman–Crippen MR) is 29.9 cm³/mol. The topological polar surface area (TPSA) is 35.2 Å². The van der Waals surface area contributed by atoms with Gasteiger partial charge in [0.05, 0.1) is 0 Å². The third-order valence-electron chi connectivity index (χ3n) is 0.159. The summed E-state index contributed by atoms with van der Waals surface area (Å²) in [7, 11) is 1.45. The highest BCUT2D eigenvalue weighted by atomic mass is 127. The first-order chi connectivity index (χ1) is 2.41. The molecule has 0 fully saturated rings. The molecule has 0 aliphatic rings. The zero-order valence-electron chi connectivity index (χ0n) is 2.65. The van der Waals surface area contributed by atoms with Crippen molar-refractivity contribution < 1.29 is 3.07 Å². The number of nitrogens with two attached hydrogens (primary N) is 1. The average Bonchev–Trinajstić information content (AvgIpc) is 1.41. The van der Waals surface area contributed by atoms with Crippen LogP contribution in [0.1, 0.15) is 0 Å². The molecule has 5 heavy (non-hydrogen) atoms. The molecule has 0 saturated carbocycles. The summed E-state index contributed by atoms with van der Waals surface area (Å²) in [5.41, 5.74) is 4.88. The zero-order chi connectivity index (χ0) is 4.12. The van der Waals surface area contributed by atoms with Crippen LogP contribution in [0.3, 0.4) is 0 Å². The molecule has 0 aromatic heterocycles. The molecule has 0 saturated heterocycles. The molecule has 2 N–H and O–H groups in total. The van der Waals surface area contributed by atoms with Crippen molar-refractivity contribution in [1.29, 1.82) is 0 Å². The Kier molecular flexibility index (Phi) is 5.39. The van der Waals surface area contributed by atoms with Gasteiger partial charge in [0.25, 0.3) is 0 Å². The summed E-state index contributed by atoms with van der Waals surface area (Å²) in [6, 6.07) is 0. The number of rotatable bonds is 2. The van der Waals surface area contributed by atoms with Gasteiger partial charge in [0.2, 0.25) is 7.41 Å². The van der Waals surface area contributed by atoms with E-state index in [4.69, 9.17) is 5.64 Å². The molecule has 0 aromatic carbocycles. The van der Waals surface area contributed by atoms with Crippen molar-refractivity contribution in [2.24, 2.45) is 5.64 Å². The zero-order valence-corrected chi connectivity index (χ0v) is 4.81. The lowest BCUT2D eigenvalue weighted by molar-refractivity contribution is 0.517. The van der Waals surface area contributed by atoms with Gasteiger partial charge in [0.15, 0.2) is 0 Å². The maximum Gasteiger partial charge on any atom is 0.235 e. The molecule has 0 aliphatic heterocycles. The molecule has 4 heteroatoms. The third-order valence-corrected chi connectivity index (χ3v) is 0.519. The average molecular weight is 184 g/mol. The molecule has 0 aromatic rings. The maximum absolute atomic E-state index is 4.88. The van der Waals surface area contributed by atoms with Gasteiger partial charge in [-0.25, -0.2) is 0 Å². The summed E-state index contributed by atoms with van der Waals surface area (Å²) < 4.78 is 4.48. The van der Waals surface area contributed by atoms with Crippen LogP contribution in [0.15, 0.2) is 0 Å². The van der Waals surface area contributed by atoms with E-state index in [-0.39, 0.29) is 0 Å². The molecule has 0 heterocycles. The van der Waals surface area contributed by atoms with Crippen molar-refractivity contribution >= 4 is 30.4 Å². The van der Waals surface area contributed by atoms with Crippen molar-refractivity contribution in [3.05, 3.63) is 0 Å². The first kappa shape index (κ1) is 5.71. The van der Waals surface area contributed by atoms with Crippen LogP contribution in [0.5, 0.6) is 0 Å². The summed E-state index contributed by atoms with van der Waals surface area (Å²) in [6.07, 6.45) is 0. The normalized spacial score (nSPS) is 7.60. The SMILES string of the molecule is N[B]COI. The Morgan fingerprint density at radius 3 is 2.60 bits per heavy atom. The fraction of sp³-hybridized carbons (Fsp3) is 1.00. The van der Waals surface area contributed by atoms with Crippen molar-refractivity contribution in [3.63, 3.8) is 0 Å². The fourth-order valence-corrected chi connectivity index (χ4v) is 0.244. The van der Waals surface area contributed by atoms with Crippen molar-refractivity contribution in [1.82, 2.24) is 0 Å². The van der Waals surface area contributed by atoms with Crippen molar-refractivity contribution in [2.45, 2.75) is 0 Å². The first-order valence-corrected chi connectivity index (χ1v) is 2.07. The largest absolute Gasteiger partial charge is 0.372 e. The Morgan fingerprint density at radius 1 is 2.00 bits per heavy atom. The smallest absolute Gasteiger partial charge is 0.235 e. The summed E-state index contributed by atoms with van der Waals surface area (Å²) in [5.74, 6) is 0.